The molecule has 4 nitrogen and oxygen atoms in total. The van der Waals surface area contributed by atoms with E-state index in [1.165, 1.54) is 0 Å². The lowest BCUT2D eigenvalue weighted by atomic mass is 10.1. The lowest BCUT2D eigenvalue weighted by Gasteiger charge is -2.31. The van der Waals surface area contributed by atoms with Gasteiger partial charge in [-0.15, -0.1) is 0 Å². The zero-order chi connectivity index (χ0) is 14.7. The number of aryl methyl sites for hydroxylation is 1. The van der Waals surface area contributed by atoms with E-state index in [2.05, 4.69) is 9.47 Å². The summed E-state index contributed by atoms with van der Waals surface area (Å²) in [5.41, 5.74) is 3.06. The second-order valence-corrected chi connectivity index (χ2v) is 5.72. The van der Waals surface area contributed by atoms with Crippen LogP contribution in [0.3, 0.4) is 0 Å². The van der Waals surface area contributed by atoms with Crippen LogP contribution in [0.25, 0.3) is 0 Å². The first-order valence-electron chi connectivity index (χ1n) is 7.53. The van der Waals surface area contributed by atoms with Crippen molar-refractivity contribution in [3.63, 3.8) is 0 Å². The number of carbonyl (C=O) groups excluding carboxylic acids is 1. The van der Waals surface area contributed by atoms with Crippen LogP contribution >= 0.6 is 0 Å². The van der Waals surface area contributed by atoms with Gasteiger partial charge in [0.1, 0.15) is 0 Å². The minimum atomic E-state index is 0.225. The fourth-order valence-corrected chi connectivity index (χ4v) is 2.95. The third kappa shape index (κ3) is 3.30. The molecule has 1 aromatic heterocycles. The number of ether oxygens (including phenoxy) is 1. The lowest BCUT2D eigenvalue weighted by Crippen LogP contribution is -2.42. The molecule has 0 N–H and O–H groups in total. The highest BCUT2D eigenvalue weighted by Gasteiger charge is 2.23. The van der Waals surface area contributed by atoms with E-state index in [-0.39, 0.29) is 5.78 Å². The first-order chi connectivity index (χ1) is 9.52. The molecule has 112 valence electrons. The second-order valence-electron chi connectivity index (χ2n) is 5.72. The Kier molecular flexibility index (Phi) is 5.00. The zero-order valence-electron chi connectivity index (χ0n) is 13.1. The van der Waals surface area contributed by atoms with Gasteiger partial charge in [0.2, 0.25) is 0 Å². The standard InChI is InChI=1S/C16H26N2O2/c1-5-20-14-7-6-8-18(10-14)11-16(19)15-9-12(2)17(4)13(15)3/h9,14H,5-8,10-11H2,1-4H3. The molecule has 1 atom stereocenters. The average Bonchev–Trinajstić information content (AvgIpc) is 2.67. The van der Waals surface area contributed by atoms with Crippen molar-refractivity contribution in [2.45, 2.75) is 39.7 Å². The van der Waals surface area contributed by atoms with Crippen molar-refractivity contribution in [3.8, 4) is 0 Å². The number of piperidine rings is 1. The number of Topliss-reactive ketones (excluding diaryl/α,β-unsaturated/α-hetero) is 1. The van der Waals surface area contributed by atoms with Crippen molar-refractivity contribution in [1.82, 2.24) is 9.47 Å². The average molecular weight is 278 g/mol. The molecule has 0 bridgehead atoms. The van der Waals surface area contributed by atoms with E-state index in [0.717, 1.165) is 49.5 Å². The second kappa shape index (κ2) is 6.55. The van der Waals surface area contributed by atoms with Crippen molar-refractivity contribution in [2.75, 3.05) is 26.2 Å². The predicted molar refractivity (Wildman–Crippen MR) is 80.3 cm³/mol. The molecule has 2 heterocycles. The van der Waals surface area contributed by atoms with Gasteiger partial charge in [-0.1, -0.05) is 0 Å². The molecule has 0 saturated carbocycles. The Labute approximate surface area is 121 Å². The number of rotatable bonds is 5. The number of carbonyl (C=O) groups is 1. The third-order valence-electron chi connectivity index (χ3n) is 4.31. The van der Waals surface area contributed by atoms with Crippen LogP contribution in [-0.4, -0.2) is 47.6 Å². The molecule has 2 rings (SSSR count). The third-order valence-corrected chi connectivity index (χ3v) is 4.31. The van der Waals surface area contributed by atoms with E-state index in [1.54, 1.807) is 0 Å². The number of aromatic nitrogens is 1. The van der Waals surface area contributed by atoms with Crippen molar-refractivity contribution >= 4 is 5.78 Å². The molecule has 1 aliphatic rings. The molecule has 0 spiro atoms. The van der Waals surface area contributed by atoms with Crippen LogP contribution in [0.1, 0.15) is 41.5 Å². The molecule has 1 fully saturated rings. The van der Waals surface area contributed by atoms with E-state index >= 15 is 0 Å². The highest BCUT2D eigenvalue weighted by atomic mass is 16.5. The van der Waals surface area contributed by atoms with Crippen molar-refractivity contribution in [3.05, 3.63) is 23.0 Å². The molecule has 1 saturated heterocycles. The summed E-state index contributed by atoms with van der Waals surface area (Å²) in [4.78, 5) is 14.7. The summed E-state index contributed by atoms with van der Waals surface area (Å²) in [7, 11) is 2.01. The van der Waals surface area contributed by atoms with Crippen LogP contribution in [0.15, 0.2) is 6.07 Å². The topological polar surface area (TPSA) is 34.5 Å². The quantitative estimate of drug-likeness (QED) is 0.775. The minimum Gasteiger partial charge on any atom is -0.377 e. The van der Waals surface area contributed by atoms with Gasteiger partial charge in [-0.25, -0.2) is 0 Å². The number of likely N-dealkylation sites (tertiary alicyclic amines) is 1. The number of hydrogen-bond acceptors (Lipinski definition) is 3. The summed E-state index contributed by atoms with van der Waals surface area (Å²) in [5, 5.41) is 0. The van der Waals surface area contributed by atoms with E-state index in [4.69, 9.17) is 4.74 Å². The van der Waals surface area contributed by atoms with E-state index < -0.39 is 0 Å². The van der Waals surface area contributed by atoms with Gasteiger partial charge >= 0.3 is 0 Å². The lowest BCUT2D eigenvalue weighted by molar-refractivity contribution is 0.00718. The normalized spacial score (nSPS) is 20.3. The van der Waals surface area contributed by atoms with Crippen LogP contribution in [0.4, 0.5) is 0 Å². The van der Waals surface area contributed by atoms with Crippen molar-refractivity contribution < 1.29 is 9.53 Å². The Hall–Kier alpha value is -1.13. The SMILES string of the molecule is CCOC1CCCN(CC(=O)c2cc(C)n(C)c2C)C1. The van der Waals surface area contributed by atoms with Gasteiger partial charge < -0.3 is 9.30 Å². The maximum atomic E-state index is 12.5. The van der Waals surface area contributed by atoms with Gasteiger partial charge in [-0.3, -0.25) is 9.69 Å². The van der Waals surface area contributed by atoms with Crippen LogP contribution in [0, 0.1) is 13.8 Å². The zero-order valence-corrected chi connectivity index (χ0v) is 13.1. The van der Waals surface area contributed by atoms with Crippen molar-refractivity contribution in [1.29, 1.82) is 0 Å². The maximum absolute atomic E-state index is 12.5. The molecular formula is C16H26N2O2. The molecule has 20 heavy (non-hydrogen) atoms. The Morgan fingerprint density at radius 3 is 2.80 bits per heavy atom. The Balaban J connectivity index is 1.98. The fourth-order valence-electron chi connectivity index (χ4n) is 2.95. The van der Waals surface area contributed by atoms with Crippen LogP contribution in [-0.2, 0) is 11.8 Å². The first kappa shape index (κ1) is 15.3. The molecule has 0 aliphatic carbocycles. The molecular weight excluding hydrogens is 252 g/mol. The smallest absolute Gasteiger partial charge is 0.178 e. The number of nitrogens with zero attached hydrogens (tertiary/aromatic N) is 2. The summed E-state index contributed by atoms with van der Waals surface area (Å²) >= 11 is 0. The van der Waals surface area contributed by atoms with Gasteiger partial charge in [0.25, 0.3) is 0 Å². The minimum absolute atomic E-state index is 0.225. The van der Waals surface area contributed by atoms with E-state index in [9.17, 15) is 4.79 Å². The summed E-state index contributed by atoms with van der Waals surface area (Å²) in [6, 6.07) is 2.00. The highest BCUT2D eigenvalue weighted by molar-refractivity contribution is 5.99. The molecule has 0 amide bonds. The van der Waals surface area contributed by atoms with Crippen LogP contribution in [0.5, 0.6) is 0 Å². The molecule has 1 aromatic rings. The molecule has 4 heteroatoms. The molecule has 1 unspecified atom stereocenters. The monoisotopic (exact) mass is 278 g/mol. The molecule has 0 aromatic carbocycles. The molecule has 0 radical (unpaired) electrons. The summed E-state index contributed by atoms with van der Waals surface area (Å²) in [6.45, 7) is 9.22. The Morgan fingerprint density at radius 1 is 1.45 bits per heavy atom. The predicted octanol–water partition coefficient (Wildman–Crippen LogP) is 2.33. The summed E-state index contributed by atoms with van der Waals surface area (Å²) < 4.78 is 7.77. The van der Waals surface area contributed by atoms with Gasteiger partial charge in [0, 0.05) is 37.2 Å². The van der Waals surface area contributed by atoms with E-state index in [1.807, 2.05) is 33.9 Å². The fraction of sp³-hybridized carbons (Fsp3) is 0.688. The van der Waals surface area contributed by atoms with Crippen LogP contribution in [0.2, 0.25) is 0 Å². The first-order valence-corrected chi connectivity index (χ1v) is 7.53. The Morgan fingerprint density at radius 2 is 2.20 bits per heavy atom. The number of ketones is 1. The molecule has 1 aliphatic heterocycles. The number of hydrogen-bond donors (Lipinski definition) is 0. The van der Waals surface area contributed by atoms with Gasteiger partial charge in [0.15, 0.2) is 5.78 Å². The van der Waals surface area contributed by atoms with Gasteiger partial charge in [-0.05, 0) is 46.2 Å². The van der Waals surface area contributed by atoms with Gasteiger partial charge in [-0.2, -0.15) is 0 Å². The highest BCUT2D eigenvalue weighted by Crippen LogP contribution is 2.17. The summed E-state index contributed by atoms with van der Waals surface area (Å²) in [5.74, 6) is 0.225. The van der Waals surface area contributed by atoms with Crippen LogP contribution < -0.4 is 0 Å². The summed E-state index contributed by atoms with van der Waals surface area (Å²) in [6.07, 6.45) is 2.52. The largest absolute Gasteiger partial charge is 0.377 e. The van der Waals surface area contributed by atoms with E-state index in [0.29, 0.717) is 12.6 Å². The Bertz CT molecular complexity index is 477. The maximum Gasteiger partial charge on any atom is 0.178 e. The van der Waals surface area contributed by atoms with Crippen molar-refractivity contribution in [2.24, 2.45) is 7.05 Å². The van der Waals surface area contributed by atoms with Gasteiger partial charge in [0.05, 0.1) is 12.6 Å².